The van der Waals surface area contributed by atoms with Crippen LogP contribution in [0.2, 0.25) is 0 Å². The van der Waals surface area contributed by atoms with Crippen LogP contribution in [0.4, 0.5) is 13.2 Å². The number of carbonyl (C=O) groups is 2. The number of aliphatic carboxylic acids is 1. The maximum atomic E-state index is 13.7. The molecule has 0 saturated carbocycles. The highest BCUT2D eigenvalue weighted by atomic mass is 19.2. The molecule has 1 atom stereocenters. The number of likely N-dealkylation sites (tertiary alicyclic amines) is 1. The zero-order valence-corrected chi connectivity index (χ0v) is 13.5. The molecule has 0 aromatic heterocycles. The number of amides is 1. The summed E-state index contributed by atoms with van der Waals surface area (Å²) in [5, 5.41) is 12.1. The van der Waals surface area contributed by atoms with Crippen molar-refractivity contribution in [2.75, 3.05) is 19.6 Å². The summed E-state index contributed by atoms with van der Waals surface area (Å²) in [7, 11) is 0. The summed E-state index contributed by atoms with van der Waals surface area (Å²) in [6.45, 7) is 1.49. The first-order valence-electron chi connectivity index (χ1n) is 8.18. The van der Waals surface area contributed by atoms with Crippen molar-refractivity contribution in [1.29, 1.82) is 0 Å². The molecule has 1 aromatic carbocycles. The molecule has 8 heteroatoms. The molecule has 2 N–H and O–H groups in total. The molecule has 1 amide bonds. The van der Waals surface area contributed by atoms with Gasteiger partial charge in [0.2, 0.25) is 5.91 Å². The number of carboxylic acid groups (broad SMARTS) is 1. The minimum absolute atomic E-state index is 0.132. The second kappa shape index (κ2) is 6.67. The van der Waals surface area contributed by atoms with Crippen molar-refractivity contribution in [3.63, 3.8) is 0 Å². The molecule has 2 heterocycles. The number of hydrogen-bond donors (Lipinski definition) is 2. The van der Waals surface area contributed by atoms with E-state index in [4.69, 9.17) is 5.11 Å². The van der Waals surface area contributed by atoms with Crippen LogP contribution in [0.25, 0.3) is 0 Å². The Hall–Kier alpha value is -2.09. The molecule has 25 heavy (non-hydrogen) atoms. The third kappa shape index (κ3) is 3.49. The van der Waals surface area contributed by atoms with E-state index in [1.54, 1.807) is 4.90 Å². The van der Waals surface area contributed by atoms with Gasteiger partial charge in [-0.1, -0.05) is 6.07 Å². The topological polar surface area (TPSA) is 69.6 Å². The lowest BCUT2D eigenvalue weighted by atomic mass is 9.76. The summed E-state index contributed by atoms with van der Waals surface area (Å²) in [5.74, 6) is -5.40. The molecule has 2 fully saturated rings. The van der Waals surface area contributed by atoms with E-state index in [-0.39, 0.29) is 23.3 Å². The van der Waals surface area contributed by atoms with Crippen molar-refractivity contribution in [2.45, 2.75) is 31.7 Å². The number of carboxylic acids is 1. The summed E-state index contributed by atoms with van der Waals surface area (Å²) in [6, 6.07) is 1.33. The Balaban J connectivity index is 1.59. The lowest BCUT2D eigenvalue weighted by molar-refractivity contribution is -0.139. The van der Waals surface area contributed by atoms with Gasteiger partial charge in [0.1, 0.15) is 6.04 Å². The predicted octanol–water partition coefficient (Wildman–Crippen LogP) is 1.70. The van der Waals surface area contributed by atoms with Gasteiger partial charge in [-0.25, -0.2) is 13.2 Å². The van der Waals surface area contributed by atoms with Gasteiger partial charge in [0.05, 0.1) is 6.42 Å². The van der Waals surface area contributed by atoms with Gasteiger partial charge in [0.15, 0.2) is 17.5 Å². The number of halogens is 3. The molecule has 1 unspecified atom stereocenters. The molecule has 136 valence electrons. The molecule has 0 aliphatic carbocycles. The van der Waals surface area contributed by atoms with E-state index in [9.17, 15) is 22.8 Å². The number of rotatable bonds is 3. The lowest BCUT2D eigenvalue weighted by Crippen LogP contribution is -2.44. The number of carbonyl (C=O) groups excluding carboxylic acids is 1. The standard InChI is InChI=1S/C17H19F3N2O3/c18-11-2-1-10(14(19)15(11)20)7-13(23)22-5-3-17(4-6-22)8-12(16(24)25)21-9-17/h1-2,12,21H,3-9H2,(H,24,25). The minimum Gasteiger partial charge on any atom is -0.480 e. The van der Waals surface area contributed by atoms with Crippen molar-refractivity contribution in [3.05, 3.63) is 35.1 Å². The molecule has 0 bridgehead atoms. The van der Waals surface area contributed by atoms with Crippen molar-refractivity contribution in [3.8, 4) is 0 Å². The Morgan fingerprint density at radius 1 is 1.20 bits per heavy atom. The van der Waals surface area contributed by atoms with Gasteiger partial charge in [-0.3, -0.25) is 9.59 Å². The maximum Gasteiger partial charge on any atom is 0.320 e. The Labute approximate surface area is 142 Å². The Kier molecular flexibility index (Phi) is 4.73. The summed E-state index contributed by atoms with van der Waals surface area (Å²) in [6.07, 6.45) is 1.53. The Morgan fingerprint density at radius 2 is 1.88 bits per heavy atom. The largest absolute Gasteiger partial charge is 0.480 e. The van der Waals surface area contributed by atoms with Crippen molar-refractivity contribution in [2.24, 2.45) is 5.41 Å². The van der Waals surface area contributed by atoms with Gasteiger partial charge >= 0.3 is 5.97 Å². The minimum atomic E-state index is -1.57. The highest BCUT2D eigenvalue weighted by Crippen LogP contribution is 2.39. The van der Waals surface area contributed by atoms with Gasteiger partial charge in [-0.15, -0.1) is 0 Å². The second-order valence-corrected chi connectivity index (χ2v) is 6.87. The number of hydrogen-bond acceptors (Lipinski definition) is 3. The van der Waals surface area contributed by atoms with Crippen LogP contribution >= 0.6 is 0 Å². The van der Waals surface area contributed by atoms with Gasteiger partial charge < -0.3 is 15.3 Å². The van der Waals surface area contributed by atoms with Crippen LogP contribution in [0, 0.1) is 22.9 Å². The van der Waals surface area contributed by atoms with Crippen molar-refractivity contribution >= 4 is 11.9 Å². The van der Waals surface area contributed by atoms with Crippen LogP contribution in [-0.4, -0.2) is 47.6 Å². The van der Waals surface area contributed by atoms with Crippen LogP contribution < -0.4 is 5.32 Å². The molecular weight excluding hydrogens is 337 g/mol. The van der Waals surface area contributed by atoms with E-state index in [0.717, 1.165) is 12.1 Å². The highest BCUT2D eigenvalue weighted by molar-refractivity contribution is 5.79. The molecule has 1 aromatic rings. The number of nitrogens with zero attached hydrogens (tertiary/aromatic N) is 1. The van der Waals surface area contributed by atoms with E-state index >= 15 is 0 Å². The molecule has 2 aliphatic rings. The zero-order chi connectivity index (χ0) is 18.2. The van der Waals surface area contributed by atoms with E-state index in [1.807, 2.05) is 0 Å². The summed E-state index contributed by atoms with van der Waals surface area (Å²) in [4.78, 5) is 25.0. The van der Waals surface area contributed by atoms with E-state index in [1.165, 1.54) is 0 Å². The van der Waals surface area contributed by atoms with Crippen LogP contribution in [0.1, 0.15) is 24.8 Å². The molecule has 5 nitrogen and oxygen atoms in total. The lowest BCUT2D eigenvalue weighted by Gasteiger charge is -2.39. The fourth-order valence-electron chi connectivity index (χ4n) is 3.68. The van der Waals surface area contributed by atoms with E-state index in [2.05, 4.69) is 5.32 Å². The van der Waals surface area contributed by atoms with Gasteiger partial charge in [0.25, 0.3) is 0 Å². The monoisotopic (exact) mass is 356 g/mol. The van der Waals surface area contributed by atoms with Crippen LogP contribution in [0.3, 0.4) is 0 Å². The summed E-state index contributed by atoms with van der Waals surface area (Å²) < 4.78 is 39.9. The molecule has 2 saturated heterocycles. The number of benzene rings is 1. The highest BCUT2D eigenvalue weighted by Gasteiger charge is 2.44. The van der Waals surface area contributed by atoms with Gasteiger partial charge in [-0.05, 0) is 30.7 Å². The number of nitrogens with one attached hydrogen (secondary N) is 1. The fraction of sp³-hybridized carbons (Fsp3) is 0.529. The fourth-order valence-corrected chi connectivity index (χ4v) is 3.68. The van der Waals surface area contributed by atoms with Gasteiger partial charge in [0, 0.05) is 25.2 Å². The van der Waals surface area contributed by atoms with Crippen LogP contribution in [0.15, 0.2) is 12.1 Å². The molecule has 2 aliphatic heterocycles. The number of piperidine rings is 1. The smallest absolute Gasteiger partial charge is 0.320 e. The Bertz CT molecular complexity index is 703. The molecule has 3 rings (SSSR count). The summed E-state index contributed by atoms with van der Waals surface area (Å²) in [5.41, 5.74) is -0.301. The average molecular weight is 356 g/mol. The zero-order valence-electron chi connectivity index (χ0n) is 13.5. The van der Waals surface area contributed by atoms with E-state index < -0.39 is 29.5 Å². The predicted molar refractivity (Wildman–Crippen MR) is 82.3 cm³/mol. The average Bonchev–Trinajstić information content (AvgIpc) is 3.00. The molecule has 1 spiro atoms. The molecular formula is C17H19F3N2O3. The maximum absolute atomic E-state index is 13.7. The first-order valence-corrected chi connectivity index (χ1v) is 8.18. The first kappa shape index (κ1) is 17.7. The molecule has 0 radical (unpaired) electrons. The van der Waals surface area contributed by atoms with Crippen molar-refractivity contribution in [1.82, 2.24) is 10.2 Å². The SMILES string of the molecule is O=C(O)C1CC2(CCN(C(=O)Cc3ccc(F)c(F)c3F)CC2)CN1. The van der Waals surface area contributed by atoms with Gasteiger partial charge in [-0.2, -0.15) is 0 Å². The van der Waals surface area contributed by atoms with Crippen molar-refractivity contribution < 1.29 is 27.9 Å². The quantitative estimate of drug-likeness (QED) is 0.809. The summed E-state index contributed by atoms with van der Waals surface area (Å²) >= 11 is 0. The normalized spacial score (nSPS) is 22.4. The first-order chi connectivity index (χ1) is 11.8. The second-order valence-electron chi connectivity index (χ2n) is 6.87. The van der Waals surface area contributed by atoms with Crippen LogP contribution in [-0.2, 0) is 16.0 Å². The van der Waals surface area contributed by atoms with E-state index in [0.29, 0.717) is 38.9 Å². The third-order valence-corrected chi connectivity index (χ3v) is 5.29. The third-order valence-electron chi connectivity index (χ3n) is 5.29. The van der Waals surface area contributed by atoms with Crippen LogP contribution in [0.5, 0.6) is 0 Å². The Morgan fingerprint density at radius 3 is 2.48 bits per heavy atom.